The van der Waals surface area contributed by atoms with Crippen molar-refractivity contribution in [1.82, 2.24) is 0 Å². The van der Waals surface area contributed by atoms with Gasteiger partial charge in [0, 0.05) is 6.92 Å². The zero-order chi connectivity index (χ0) is 9.19. The molecule has 0 saturated heterocycles. The Morgan fingerprint density at radius 3 is 2.75 bits per heavy atom. The van der Waals surface area contributed by atoms with Crippen molar-refractivity contribution in [2.75, 3.05) is 6.61 Å². The summed E-state index contributed by atoms with van der Waals surface area (Å²) in [5.74, 6) is -3.08. The molecule has 1 aliphatic heterocycles. The van der Waals surface area contributed by atoms with Crippen molar-refractivity contribution in [2.45, 2.75) is 31.8 Å². The summed E-state index contributed by atoms with van der Waals surface area (Å²) in [6, 6.07) is 0. The average Bonchev–Trinajstić information content (AvgIpc) is 2.03. The summed E-state index contributed by atoms with van der Waals surface area (Å²) >= 11 is 0. The SMILES string of the molecule is CC(F)(F)C(O)C1=COCCC1. The van der Waals surface area contributed by atoms with E-state index in [1.54, 1.807) is 0 Å². The van der Waals surface area contributed by atoms with Crippen molar-refractivity contribution in [3.63, 3.8) is 0 Å². The van der Waals surface area contributed by atoms with Gasteiger partial charge in [-0.25, -0.2) is 8.78 Å². The number of hydrogen-bond donors (Lipinski definition) is 1. The molecule has 0 aliphatic carbocycles. The van der Waals surface area contributed by atoms with Gasteiger partial charge in [0.2, 0.25) is 0 Å². The van der Waals surface area contributed by atoms with Gasteiger partial charge in [-0.15, -0.1) is 0 Å². The van der Waals surface area contributed by atoms with Crippen LogP contribution >= 0.6 is 0 Å². The first-order valence-electron chi connectivity index (χ1n) is 3.88. The fourth-order valence-corrected chi connectivity index (χ4v) is 1.11. The van der Waals surface area contributed by atoms with Crippen LogP contribution in [0, 0.1) is 0 Å². The van der Waals surface area contributed by atoms with Crippen molar-refractivity contribution >= 4 is 0 Å². The van der Waals surface area contributed by atoms with Crippen LogP contribution in [0.1, 0.15) is 19.8 Å². The van der Waals surface area contributed by atoms with Gasteiger partial charge in [0.15, 0.2) is 0 Å². The standard InChI is InChI=1S/C8H12F2O2/c1-8(9,10)7(11)6-3-2-4-12-5-6/h5,7,11H,2-4H2,1H3. The zero-order valence-corrected chi connectivity index (χ0v) is 6.89. The Morgan fingerprint density at radius 2 is 2.33 bits per heavy atom. The van der Waals surface area contributed by atoms with E-state index in [2.05, 4.69) is 0 Å². The van der Waals surface area contributed by atoms with E-state index >= 15 is 0 Å². The monoisotopic (exact) mass is 178 g/mol. The topological polar surface area (TPSA) is 29.5 Å². The van der Waals surface area contributed by atoms with Crippen LogP contribution in [-0.2, 0) is 4.74 Å². The smallest absolute Gasteiger partial charge is 0.274 e. The summed E-state index contributed by atoms with van der Waals surface area (Å²) in [6.45, 7) is 1.25. The summed E-state index contributed by atoms with van der Waals surface area (Å²) < 4.78 is 30.0. The maximum atomic E-state index is 12.6. The van der Waals surface area contributed by atoms with Gasteiger partial charge < -0.3 is 9.84 Å². The summed E-state index contributed by atoms with van der Waals surface area (Å²) in [5.41, 5.74) is 0.286. The fourth-order valence-electron chi connectivity index (χ4n) is 1.11. The van der Waals surface area contributed by atoms with Crippen LogP contribution in [0.25, 0.3) is 0 Å². The average molecular weight is 178 g/mol. The van der Waals surface area contributed by atoms with E-state index in [0.717, 1.165) is 0 Å². The predicted molar refractivity (Wildman–Crippen MR) is 39.9 cm³/mol. The third-order valence-electron chi connectivity index (χ3n) is 1.79. The maximum absolute atomic E-state index is 12.6. The van der Waals surface area contributed by atoms with E-state index in [-0.39, 0.29) is 5.57 Å². The highest BCUT2D eigenvalue weighted by Crippen LogP contribution is 2.27. The molecular formula is C8H12F2O2. The molecule has 1 aliphatic rings. The number of aliphatic hydroxyl groups excluding tert-OH is 1. The van der Waals surface area contributed by atoms with Crippen LogP contribution in [0.4, 0.5) is 8.78 Å². The minimum Gasteiger partial charge on any atom is -0.501 e. The Bertz CT molecular complexity index is 184. The van der Waals surface area contributed by atoms with Crippen LogP contribution < -0.4 is 0 Å². The van der Waals surface area contributed by atoms with Crippen LogP contribution in [0.5, 0.6) is 0 Å². The third-order valence-corrected chi connectivity index (χ3v) is 1.79. The molecule has 0 saturated carbocycles. The lowest BCUT2D eigenvalue weighted by Gasteiger charge is -2.23. The second kappa shape index (κ2) is 3.39. The Kier molecular flexibility index (Phi) is 2.67. The lowest BCUT2D eigenvalue weighted by atomic mass is 10.0. The minimum atomic E-state index is -3.08. The normalized spacial score (nSPS) is 21.2. The number of hydrogen-bond acceptors (Lipinski definition) is 2. The van der Waals surface area contributed by atoms with Crippen molar-refractivity contribution in [3.8, 4) is 0 Å². The molecule has 0 bridgehead atoms. The highest BCUT2D eigenvalue weighted by molar-refractivity contribution is 5.10. The maximum Gasteiger partial charge on any atom is 0.274 e. The van der Waals surface area contributed by atoms with Crippen LogP contribution in [-0.4, -0.2) is 23.7 Å². The lowest BCUT2D eigenvalue weighted by molar-refractivity contribution is -0.0789. The van der Waals surface area contributed by atoms with E-state index < -0.39 is 12.0 Å². The molecule has 0 fully saturated rings. The molecule has 70 valence electrons. The van der Waals surface area contributed by atoms with Gasteiger partial charge in [0.25, 0.3) is 5.92 Å². The molecule has 1 rings (SSSR count). The number of aliphatic hydroxyl groups is 1. The van der Waals surface area contributed by atoms with E-state index in [0.29, 0.717) is 26.4 Å². The lowest BCUT2D eigenvalue weighted by Crippen LogP contribution is -2.32. The highest BCUT2D eigenvalue weighted by Gasteiger charge is 2.35. The number of halogens is 2. The second-order valence-corrected chi connectivity index (χ2v) is 3.03. The van der Waals surface area contributed by atoms with Crippen molar-refractivity contribution in [1.29, 1.82) is 0 Å². The van der Waals surface area contributed by atoms with Gasteiger partial charge in [0.1, 0.15) is 6.10 Å². The van der Waals surface area contributed by atoms with Crippen molar-refractivity contribution in [2.24, 2.45) is 0 Å². The van der Waals surface area contributed by atoms with Crippen LogP contribution in [0.2, 0.25) is 0 Å². The molecule has 4 heteroatoms. The number of rotatable bonds is 2. The summed E-state index contributed by atoms with van der Waals surface area (Å²) in [5, 5.41) is 9.11. The molecule has 0 spiro atoms. The van der Waals surface area contributed by atoms with Crippen molar-refractivity contribution in [3.05, 3.63) is 11.8 Å². The van der Waals surface area contributed by atoms with E-state index in [1.165, 1.54) is 6.26 Å². The molecule has 12 heavy (non-hydrogen) atoms. The second-order valence-electron chi connectivity index (χ2n) is 3.03. The number of alkyl halides is 2. The Hall–Kier alpha value is -0.640. The molecule has 1 atom stereocenters. The van der Waals surface area contributed by atoms with Gasteiger partial charge in [-0.1, -0.05) is 0 Å². The summed E-state index contributed by atoms with van der Waals surface area (Å²) in [6.07, 6.45) is 0.729. The molecule has 0 aromatic carbocycles. The highest BCUT2D eigenvalue weighted by atomic mass is 19.3. The minimum absolute atomic E-state index is 0.286. The third kappa shape index (κ3) is 2.17. The molecule has 0 radical (unpaired) electrons. The molecule has 0 aromatic heterocycles. The number of ether oxygens (including phenoxy) is 1. The van der Waals surface area contributed by atoms with Gasteiger partial charge >= 0.3 is 0 Å². The Labute approximate surface area is 69.8 Å². The Morgan fingerprint density at radius 1 is 1.67 bits per heavy atom. The zero-order valence-electron chi connectivity index (χ0n) is 6.89. The van der Waals surface area contributed by atoms with Crippen LogP contribution in [0.15, 0.2) is 11.8 Å². The van der Waals surface area contributed by atoms with E-state index in [9.17, 15) is 8.78 Å². The summed E-state index contributed by atoms with van der Waals surface area (Å²) in [7, 11) is 0. The predicted octanol–water partition coefficient (Wildman–Crippen LogP) is 1.70. The molecular weight excluding hydrogens is 166 g/mol. The van der Waals surface area contributed by atoms with Gasteiger partial charge in [0.05, 0.1) is 12.9 Å². The quantitative estimate of drug-likeness (QED) is 0.697. The molecule has 0 amide bonds. The van der Waals surface area contributed by atoms with Crippen LogP contribution in [0.3, 0.4) is 0 Å². The first-order chi connectivity index (χ1) is 5.52. The molecule has 0 aromatic rings. The van der Waals surface area contributed by atoms with Gasteiger partial charge in [-0.2, -0.15) is 0 Å². The van der Waals surface area contributed by atoms with Gasteiger partial charge in [-0.3, -0.25) is 0 Å². The Balaban J connectivity index is 2.62. The summed E-state index contributed by atoms with van der Waals surface area (Å²) in [4.78, 5) is 0. The first-order valence-corrected chi connectivity index (χ1v) is 3.88. The first kappa shape index (κ1) is 9.45. The molecule has 1 N–H and O–H groups in total. The molecule has 1 heterocycles. The van der Waals surface area contributed by atoms with E-state index in [1.807, 2.05) is 0 Å². The molecule has 2 nitrogen and oxygen atoms in total. The molecule has 1 unspecified atom stereocenters. The van der Waals surface area contributed by atoms with Crippen molar-refractivity contribution < 1.29 is 18.6 Å². The van der Waals surface area contributed by atoms with Gasteiger partial charge in [-0.05, 0) is 18.4 Å². The van der Waals surface area contributed by atoms with E-state index in [4.69, 9.17) is 9.84 Å². The fraction of sp³-hybridized carbons (Fsp3) is 0.750. The largest absolute Gasteiger partial charge is 0.501 e.